The molecule has 2 atom stereocenters. The molecule has 6 N–H and O–H groups in total. The Kier molecular flexibility index (Phi) is 10.3. The summed E-state index contributed by atoms with van der Waals surface area (Å²) in [5.41, 5.74) is 1.79. The first-order valence-electron chi connectivity index (χ1n) is 13.5. The Bertz CT molecular complexity index is 1540. The molecule has 5 amide bonds. The van der Waals surface area contributed by atoms with Crippen LogP contribution in [0.5, 0.6) is 0 Å². The third-order valence-corrected chi connectivity index (χ3v) is 8.56. The fourth-order valence-electron chi connectivity index (χ4n) is 4.45. The number of aliphatic carboxylic acids is 1. The molecule has 1 fully saturated rings. The number of carbonyl (C=O) groups is 4. The Morgan fingerprint density at radius 3 is 2.05 bits per heavy atom. The molecule has 1 saturated heterocycles. The van der Waals surface area contributed by atoms with Crippen LogP contribution in [0.2, 0.25) is 0 Å². The predicted molar refractivity (Wildman–Crippen MR) is 159 cm³/mol. The number of nitrogens with zero attached hydrogens (tertiary/aromatic N) is 1. The molecule has 4 rings (SSSR count). The second-order valence-electron chi connectivity index (χ2n) is 9.69. The molecule has 1 aliphatic rings. The number of carboxylic acids is 1. The second kappa shape index (κ2) is 14.3. The number of anilines is 2. The molecular weight excluding hydrogens is 576 g/mol. The number of nitrogens with one attached hydrogen (secondary N) is 5. The molecule has 0 unspecified atom stereocenters. The van der Waals surface area contributed by atoms with Crippen molar-refractivity contribution in [2.45, 2.75) is 36.4 Å². The molecule has 14 heteroatoms. The van der Waals surface area contributed by atoms with Crippen molar-refractivity contribution in [3.05, 3.63) is 90.5 Å². The summed E-state index contributed by atoms with van der Waals surface area (Å²) >= 11 is 0. The van der Waals surface area contributed by atoms with Gasteiger partial charge in [0, 0.05) is 24.5 Å². The lowest BCUT2D eigenvalue weighted by atomic mass is 10.2. The van der Waals surface area contributed by atoms with Crippen LogP contribution in [-0.2, 0) is 26.2 Å². The molecule has 1 heterocycles. The minimum atomic E-state index is -4.13. The Morgan fingerprint density at radius 1 is 0.814 bits per heavy atom. The molecule has 3 aromatic carbocycles. The highest BCUT2D eigenvalue weighted by Gasteiger charge is 2.40. The van der Waals surface area contributed by atoms with E-state index in [-0.39, 0.29) is 24.4 Å². The summed E-state index contributed by atoms with van der Waals surface area (Å²) in [5.74, 6) is -2.17. The third-order valence-electron chi connectivity index (χ3n) is 6.63. The van der Waals surface area contributed by atoms with Crippen molar-refractivity contribution in [1.82, 2.24) is 20.3 Å². The number of para-hydroxylation sites is 1. The lowest BCUT2D eigenvalue weighted by Gasteiger charge is -2.25. The van der Waals surface area contributed by atoms with Crippen molar-refractivity contribution >= 4 is 45.3 Å². The number of hydrogen-bond donors (Lipinski definition) is 6. The summed E-state index contributed by atoms with van der Waals surface area (Å²) in [6, 6.07) is 19.7. The number of hydrogen-bond acceptors (Lipinski definition) is 6. The van der Waals surface area contributed by atoms with E-state index in [0.29, 0.717) is 17.8 Å². The van der Waals surface area contributed by atoms with Gasteiger partial charge in [-0.25, -0.2) is 22.8 Å². The van der Waals surface area contributed by atoms with Crippen LogP contribution in [0.3, 0.4) is 0 Å². The first-order chi connectivity index (χ1) is 20.6. The van der Waals surface area contributed by atoms with E-state index in [2.05, 4.69) is 26.6 Å². The molecule has 0 radical (unpaired) electrons. The maximum atomic E-state index is 13.4. The van der Waals surface area contributed by atoms with Crippen LogP contribution in [0.1, 0.15) is 18.4 Å². The molecule has 0 bridgehead atoms. The van der Waals surface area contributed by atoms with Gasteiger partial charge in [-0.3, -0.25) is 4.79 Å². The van der Waals surface area contributed by atoms with Gasteiger partial charge < -0.3 is 31.7 Å². The average Bonchev–Trinajstić information content (AvgIpc) is 3.51. The zero-order valence-electron chi connectivity index (χ0n) is 23.0. The summed E-state index contributed by atoms with van der Waals surface area (Å²) in [6.45, 7) is -0.116. The van der Waals surface area contributed by atoms with E-state index >= 15 is 0 Å². The molecule has 13 nitrogen and oxygen atoms in total. The summed E-state index contributed by atoms with van der Waals surface area (Å²) in [5, 5.41) is 22.3. The molecule has 0 aromatic heterocycles. The zero-order chi connectivity index (χ0) is 30.8. The van der Waals surface area contributed by atoms with Crippen molar-refractivity contribution < 1.29 is 32.7 Å². The van der Waals surface area contributed by atoms with Gasteiger partial charge in [0.1, 0.15) is 12.1 Å². The van der Waals surface area contributed by atoms with Crippen molar-refractivity contribution in [2.24, 2.45) is 0 Å². The SMILES string of the molecule is O=C(NCc1ccccc1)NC[C@H](NC(=O)[C@@H]1CCCN1S(=O)(=O)c1ccc(NC(=O)Nc2ccccc2)cc1)C(=O)O. The Hall–Kier alpha value is -4.95. The van der Waals surface area contributed by atoms with E-state index in [1.165, 1.54) is 24.3 Å². The van der Waals surface area contributed by atoms with Crippen molar-refractivity contribution in [3.63, 3.8) is 0 Å². The molecular formula is C29H32N6O7S. The van der Waals surface area contributed by atoms with Gasteiger partial charge in [-0.2, -0.15) is 4.31 Å². The maximum Gasteiger partial charge on any atom is 0.328 e. The van der Waals surface area contributed by atoms with Crippen LogP contribution in [0.25, 0.3) is 0 Å². The van der Waals surface area contributed by atoms with Crippen LogP contribution >= 0.6 is 0 Å². The zero-order valence-corrected chi connectivity index (χ0v) is 23.8. The van der Waals surface area contributed by atoms with Gasteiger partial charge in [0.05, 0.1) is 11.4 Å². The predicted octanol–water partition coefficient (Wildman–Crippen LogP) is 2.55. The average molecular weight is 609 g/mol. The summed E-state index contributed by atoms with van der Waals surface area (Å²) in [6.07, 6.45) is 0.593. The minimum absolute atomic E-state index is 0.0672. The smallest absolute Gasteiger partial charge is 0.328 e. The molecule has 1 aliphatic heterocycles. The maximum absolute atomic E-state index is 13.4. The molecule has 3 aromatic rings. The largest absolute Gasteiger partial charge is 0.480 e. The van der Waals surface area contributed by atoms with Crippen molar-refractivity contribution in [2.75, 3.05) is 23.7 Å². The normalized spacial score (nSPS) is 15.6. The summed E-state index contributed by atoms with van der Waals surface area (Å²) in [4.78, 5) is 49.2. The van der Waals surface area contributed by atoms with Gasteiger partial charge in [-0.1, -0.05) is 48.5 Å². The van der Waals surface area contributed by atoms with Gasteiger partial charge in [0.15, 0.2) is 0 Å². The van der Waals surface area contributed by atoms with Gasteiger partial charge in [0.2, 0.25) is 15.9 Å². The second-order valence-corrected chi connectivity index (χ2v) is 11.6. The lowest BCUT2D eigenvalue weighted by molar-refractivity contribution is -0.142. The summed E-state index contributed by atoms with van der Waals surface area (Å²) in [7, 11) is -4.13. The van der Waals surface area contributed by atoms with Crippen LogP contribution in [-0.4, -0.2) is 66.9 Å². The molecule has 0 spiro atoms. The number of urea groups is 2. The van der Waals surface area contributed by atoms with E-state index in [1.54, 1.807) is 24.3 Å². The van der Waals surface area contributed by atoms with Gasteiger partial charge >= 0.3 is 18.0 Å². The molecule has 0 aliphatic carbocycles. The molecule has 0 saturated carbocycles. The summed E-state index contributed by atoms with van der Waals surface area (Å²) < 4.78 is 27.9. The molecule has 43 heavy (non-hydrogen) atoms. The number of benzene rings is 3. The van der Waals surface area contributed by atoms with Crippen LogP contribution < -0.4 is 26.6 Å². The molecule has 226 valence electrons. The number of carboxylic acid groups (broad SMARTS) is 1. The topological polar surface area (TPSA) is 186 Å². The van der Waals surface area contributed by atoms with E-state index in [9.17, 15) is 32.7 Å². The fraction of sp³-hybridized carbons (Fsp3) is 0.241. The Morgan fingerprint density at radius 2 is 1.42 bits per heavy atom. The van der Waals surface area contributed by atoms with Crippen LogP contribution in [0.15, 0.2) is 89.8 Å². The fourth-order valence-corrected chi connectivity index (χ4v) is 6.11. The standard InChI is InChI=1S/C29H32N6O7S/c36-26(34-24(27(37)38)19-31-28(39)30-18-20-8-3-1-4-9-20)25-12-7-17-35(25)43(41,42)23-15-13-22(14-16-23)33-29(40)32-21-10-5-2-6-11-21/h1-6,8-11,13-16,24-25H,7,12,17-19H2,(H,34,36)(H,37,38)(H2,30,31,39)(H2,32,33,40)/t24-,25-/m0/s1. The minimum Gasteiger partial charge on any atom is -0.480 e. The number of amides is 5. The van der Waals surface area contributed by atoms with E-state index < -0.39 is 52.6 Å². The van der Waals surface area contributed by atoms with Crippen molar-refractivity contribution in [1.29, 1.82) is 0 Å². The number of sulfonamides is 1. The highest BCUT2D eigenvalue weighted by molar-refractivity contribution is 7.89. The van der Waals surface area contributed by atoms with Crippen LogP contribution in [0, 0.1) is 0 Å². The Balaban J connectivity index is 1.33. The van der Waals surface area contributed by atoms with Gasteiger partial charge in [0.25, 0.3) is 0 Å². The number of carbonyl (C=O) groups excluding carboxylic acids is 3. The highest BCUT2D eigenvalue weighted by Crippen LogP contribution is 2.27. The Labute approximate surface area is 248 Å². The first-order valence-corrected chi connectivity index (χ1v) is 14.9. The van der Waals surface area contributed by atoms with Crippen molar-refractivity contribution in [3.8, 4) is 0 Å². The van der Waals surface area contributed by atoms with E-state index in [0.717, 1.165) is 9.87 Å². The third kappa shape index (κ3) is 8.53. The van der Waals surface area contributed by atoms with Gasteiger partial charge in [-0.05, 0) is 54.8 Å². The first kappa shape index (κ1) is 31.0. The quantitative estimate of drug-likeness (QED) is 0.193. The number of rotatable bonds is 11. The van der Waals surface area contributed by atoms with Crippen LogP contribution in [0.4, 0.5) is 21.0 Å². The van der Waals surface area contributed by atoms with E-state index in [4.69, 9.17) is 0 Å². The lowest BCUT2D eigenvalue weighted by Crippen LogP contribution is -2.54. The van der Waals surface area contributed by atoms with Gasteiger partial charge in [-0.15, -0.1) is 0 Å². The monoisotopic (exact) mass is 608 g/mol. The highest BCUT2D eigenvalue weighted by atomic mass is 32.2. The van der Waals surface area contributed by atoms with E-state index in [1.807, 2.05) is 36.4 Å².